The largest absolute Gasteiger partial charge is 0.497 e. The van der Waals surface area contributed by atoms with Crippen LogP contribution in [-0.2, 0) is 6.42 Å². The van der Waals surface area contributed by atoms with Crippen LogP contribution < -0.4 is 14.2 Å². The summed E-state index contributed by atoms with van der Waals surface area (Å²) < 4.78 is 16.7. The Hall–Kier alpha value is -1.68. The van der Waals surface area contributed by atoms with E-state index in [-0.39, 0.29) is 6.61 Å². The molecule has 164 valence electrons. The zero-order chi connectivity index (χ0) is 21.8. The molecule has 0 radical (unpaired) electrons. The maximum Gasteiger partial charge on any atom is 0.173 e. The van der Waals surface area contributed by atoms with Gasteiger partial charge in [0.1, 0.15) is 29.5 Å². The van der Waals surface area contributed by atoms with Gasteiger partial charge in [0.2, 0.25) is 0 Å². The molecule has 1 saturated heterocycles. The van der Waals surface area contributed by atoms with Crippen molar-refractivity contribution >= 4 is 23.4 Å². The van der Waals surface area contributed by atoms with Gasteiger partial charge in [-0.1, -0.05) is 17.7 Å². The highest BCUT2D eigenvalue weighted by Crippen LogP contribution is 2.37. The molecule has 0 bridgehead atoms. The molecule has 0 amide bonds. The molecule has 3 rings (SSSR count). The van der Waals surface area contributed by atoms with E-state index in [9.17, 15) is 20.4 Å². The predicted octanol–water partition coefficient (Wildman–Crippen LogP) is 1.84. The van der Waals surface area contributed by atoms with Crippen molar-refractivity contribution in [2.24, 2.45) is 0 Å². The second-order valence-corrected chi connectivity index (χ2v) is 8.70. The monoisotopic (exact) mass is 456 g/mol. The summed E-state index contributed by atoms with van der Waals surface area (Å²) in [5, 5.41) is 39.8. The van der Waals surface area contributed by atoms with E-state index >= 15 is 0 Å². The Bertz CT molecular complexity index is 863. The molecule has 1 fully saturated rings. The molecule has 9 heteroatoms. The molecular formula is C21H25ClO7S. The van der Waals surface area contributed by atoms with Crippen molar-refractivity contribution in [1.82, 2.24) is 0 Å². The number of rotatable bonds is 7. The average molecular weight is 457 g/mol. The molecule has 0 unspecified atom stereocenters. The number of hydrogen-bond acceptors (Lipinski definition) is 8. The van der Waals surface area contributed by atoms with Gasteiger partial charge in [0, 0.05) is 23.1 Å². The zero-order valence-electron chi connectivity index (χ0n) is 16.6. The highest BCUT2D eigenvalue weighted by atomic mass is 35.5. The Balaban J connectivity index is 1.87. The van der Waals surface area contributed by atoms with Gasteiger partial charge in [-0.2, -0.15) is 0 Å². The summed E-state index contributed by atoms with van der Waals surface area (Å²) in [6.45, 7) is -0.355. The molecule has 0 saturated carbocycles. The third-order valence-corrected chi connectivity index (χ3v) is 6.65. The van der Waals surface area contributed by atoms with Crippen LogP contribution in [0.25, 0.3) is 0 Å². The van der Waals surface area contributed by atoms with Crippen molar-refractivity contribution in [3.05, 3.63) is 52.5 Å². The molecule has 0 aromatic heterocycles. The van der Waals surface area contributed by atoms with Gasteiger partial charge in [-0.25, -0.2) is 0 Å². The number of hydrogen-bond donors (Lipinski definition) is 4. The van der Waals surface area contributed by atoms with Crippen LogP contribution in [0.5, 0.6) is 17.2 Å². The van der Waals surface area contributed by atoms with E-state index in [1.807, 2.05) is 12.1 Å². The second-order valence-electron chi connectivity index (χ2n) is 6.92. The molecular weight excluding hydrogens is 432 g/mol. The molecule has 1 aliphatic rings. The van der Waals surface area contributed by atoms with Crippen molar-refractivity contribution in [2.75, 3.05) is 20.8 Å². The summed E-state index contributed by atoms with van der Waals surface area (Å²) in [4.78, 5) is 0. The van der Waals surface area contributed by atoms with Gasteiger partial charge >= 0.3 is 0 Å². The van der Waals surface area contributed by atoms with Crippen LogP contribution in [0.3, 0.4) is 0 Å². The third kappa shape index (κ3) is 4.96. The van der Waals surface area contributed by atoms with Crippen molar-refractivity contribution in [2.45, 2.75) is 35.4 Å². The smallest absolute Gasteiger partial charge is 0.173 e. The van der Waals surface area contributed by atoms with E-state index in [1.165, 1.54) is 0 Å². The molecule has 5 atom stereocenters. The van der Waals surface area contributed by atoms with Gasteiger partial charge in [0.05, 0.1) is 32.2 Å². The molecule has 4 N–H and O–H groups in total. The van der Waals surface area contributed by atoms with Crippen molar-refractivity contribution in [1.29, 1.82) is 0 Å². The van der Waals surface area contributed by atoms with Crippen LogP contribution in [0.1, 0.15) is 11.1 Å². The van der Waals surface area contributed by atoms with Crippen LogP contribution >= 0.6 is 23.4 Å². The van der Waals surface area contributed by atoms with Crippen LogP contribution in [-0.4, -0.2) is 70.3 Å². The SMILES string of the molecule is COc1ccc(Cc2cc(Cl)ccc2O[C@@H]2S[C@H](CO)[C@@H](O)[C@H](O)[C@H]2O)c(OC)c1. The topological polar surface area (TPSA) is 109 Å². The van der Waals surface area contributed by atoms with E-state index < -0.39 is 29.0 Å². The fraction of sp³-hybridized carbons (Fsp3) is 0.429. The highest BCUT2D eigenvalue weighted by Gasteiger charge is 2.44. The van der Waals surface area contributed by atoms with Crippen LogP contribution in [0.2, 0.25) is 5.02 Å². The van der Waals surface area contributed by atoms with Gasteiger partial charge in [-0.3, -0.25) is 0 Å². The lowest BCUT2D eigenvalue weighted by Gasteiger charge is -2.39. The minimum atomic E-state index is -1.43. The molecule has 0 aliphatic carbocycles. The van der Waals surface area contributed by atoms with Crippen LogP contribution in [0, 0.1) is 0 Å². The summed E-state index contributed by atoms with van der Waals surface area (Å²) in [7, 11) is 3.15. The number of halogens is 1. The number of benzene rings is 2. The number of aliphatic hydroxyl groups excluding tert-OH is 4. The van der Waals surface area contributed by atoms with E-state index in [2.05, 4.69) is 0 Å². The summed E-state index contributed by atoms with van der Waals surface area (Å²) in [5.41, 5.74) is 0.754. The summed E-state index contributed by atoms with van der Waals surface area (Å²) in [6.07, 6.45) is -3.56. The molecule has 0 spiro atoms. The normalized spacial score (nSPS) is 26.3. The Morgan fingerprint density at radius 2 is 1.67 bits per heavy atom. The predicted molar refractivity (Wildman–Crippen MR) is 115 cm³/mol. The number of ether oxygens (including phenoxy) is 3. The van der Waals surface area contributed by atoms with Gasteiger partial charge < -0.3 is 34.6 Å². The minimum absolute atomic E-state index is 0.355. The number of aliphatic hydroxyl groups is 4. The first-order valence-corrected chi connectivity index (χ1v) is 10.7. The summed E-state index contributed by atoms with van der Waals surface area (Å²) in [6, 6.07) is 10.6. The van der Waals surface area contributed by atoms with Gasteiger partial charge in [0.25, 0.3) is 0 Å². The van der Waals surface area contributed by atoms with E-state index in [4.69, 9.17) is 25.8 Å². The fourth-order valence-electron chi connectivity index (χ4n) is 3.29. The quantitative estimate of drug-likeness (QED) is 0.500. The Labute approximate surface area is 184 Å². The van der Waals surface area contributed by atoms with Crippen LogP contribution in [0.15, 0.2) is 36.4 Å². The van der Waals surface area contributed by atoms with Crippen LogP contribution in [0.4, 0.5) is 0 Å². The summed E-state index contributed by atoms with van der Waals surface area (Å²) >= 11 is 7.27. The second kappa shape index (κ2) is 10.1. The van der Waals surface area contributed by atoms with E-state index in [1.54, 1.807) is 38.5 Å². The lowest BCUT2D eigenvalue weighted by Crippen LogP contribution is -2.55. The molecule has 2 aromatic rings. The lowest BCUT2D eigenvalue weighted by molar-refractivity contribution is -0.0910. The Morgan fingerprint density at radius 3 is 2.33 bits per heavy atom. The Morgan fingerprint density at radius 1 is 0.900 bits per heavy atom. The zero-order valence-corrected chi connectivity index (χ0v) is 18.1. The highest BCUT2D eigenvalue weighted by molar-refractivity contribution is 8.00. The molecule has 30 heavy (non-hydrogen) atoms. The van der Waals surface area contributed by atoms with Gasteiger partial charge in [-0.15, -0.1) is 11.8 Å². The molecule has 1 aliphatic heterocycles. The first kappa shape index (κ1) is 23.0. The van der Waals surface area contributed by atoms with Gasteiger partial charge in [-0.05, 0) is 29.8 Å². The van der Waals surface area contributed by atoms with Crippen molar-refractivity contribution < 1.29 is 34.6 Å². The first-order chi connectivity index (χ1) is 14.4. The molecule has 2 aromatic carbocycles. The fourth-order valence-corrected chi connectivity index (χ4v) is 4.72. The average Bonchev–Trinajstić information content (AvgIpc) is 2.75. The van der Waals surface area contributed by atoms with Gasteiger partial charge in [0.15, 0.2) is 5.44 Å². The molecule has 7 nitrogen and oxygen atoms in total. The first-order valence-electron chi connectivity index (χ1n) is 9.34. The number of thioether (sulfide) groups is 1. The Kier molecular flexibility index (Phi) is 7.73. The minimum Gasteiger partial charge on any atom is -0.497 e. The summed E-state index contributed by atoms with van der Waals surface area (Å²) in [5.74, 6) is 1.78. The third-order valence-electron chi connectivity index (χ3n) is 4.99. The van der Waals surface area contributed by atoms with Crippen molar-refractivity contribution in [3.8, 4) is 17.2 Å². The van der Waals surface area contributed by atoms with E-state index in [0.717, 1.165) is 22.9 Å². The standard InChI is InChI=1S/C21H25ClO7S/c1-27-14-5-3-11(16(9-14)28-2)7-12-8-13(22)4-6-15(12)29-21-20(26)19(25)18(24)17(10-23)30-21/h3-6,8-9,17-21,23-26H,7,10H2,1-2H3/t17-,18-,19+,20-,21-/m1/s1. The number of methoxy groups -OCH3 is 2. The maximum atomic E-state index is 10.4. The van der Waals surface area contributed by atoms with E-state index in [0.29, 0.717) is 28.7 Å². The lowest BCUT2D eigenvalue weighted by atomic mass is 10.0. The van der Waals surface area contributed by atoms with Crippen molar-refractivity contribution in [3.63, 3.8) is 0 Å². The molecule has 1 heterocycles. The maximum absolute atomic E-state index is 10.4.